The topological polar surface area (TPSA) is 45.5 Å². The minimum Gasteiger partial charge on any atom is -0.438 e. The Morgan fingerprint density at radius 1 is 1.00 bits per heavy atom. The van der Waals surface area contributed by atoms with Gasteiger partial charge in [-0.1, -0.05) is 12.1 Å². The Morgan fingerprint density at radius 2 is 1.59 bits per heavy atom. The van der Waals surface area contributed by atoms with E-state index in [1.165, 1.54) is 0 Å². The summed E-state index contributed by atoms with van der Waals surface area (Å²) >= 11 is 0. The van der Waals surface area contributed by atoms with Gasteiger partial charge in [0.1, 0.15) is 5.75 Å². The number of benzene rings is 1. The van der Waals surface area contributed by atoms with Gasteiger partial charge in [-0.05, 0) is 45.3 Å². The van der Waals surface area contributed by atoms with E-state index in [9.17, 15) is 0 Å². The molecule has 1 aromatic carbocycles. The highest BCUT2D eigenvalue weighted by Crippen LogP contribution is 2.36. The molecule has 2 aromatic rings. The molecule has 0 spiro atoms. The van der Waals surface area contributed by atoms with Gasteiger partial charge in [-0.3, -0.25) is 4.68 Å². The number of rotatable bonds is 3. The van der Waals surface area contributed by atoms with Gasteiger partial charge in [-0.15, -0.1) is 5.10 Å². The summed E-state index contributed by atoms with van der Waals surface area (Å²) in [5, 5.41) is 4.19. The maximum atomic E-state index is 6.03. The van der Waals surface area contributed by atoms with Crippen LogP contribution < -0.4 is 10.2 Å². The van der Waals surface area contributed by atoms with Crippen molar-refractivity contribution in [3.63, 3.8) is 0 Å². The summed E-state index contributed by atoms with van der Waals surface area (Å²) in [6.45, 7) is 8.19. The van der Waals surface area contributed by atoms with Crippen LogP contribution >= 0.6 is 0 Å². The van der Waals surface area contributed by atoms with E-state index >= 15 is 0 Å². The molecule has 0 amide bonds. The smallest absolute Gasteiger partial charge is 0.438 e. The van der Waals surface area contributed by atoms with E-state index in [-0.39, 0.29) is 18.3 Å². The first kappa shape index (κ1) is 15.1. The number of aryl methyl sites for hydroxylation is 1. The molecule has 22 heavy (non-hydrogen) atoms. The van der Waals surface area contributed by atoms with Crippen molar-refractivity contribution in [3.05, 3.63) is 36.5 Å². The third kappa shape index (κ3) is 2.76. The summed E-state index contributed by atoms with van der Waals surface area (Å²) in [7, 11) is 1.50. The van der Waals surface area contributed by atoms with Crippen LogP contribution in [0.25, 0.3) is 0 Å². The third-order valence-corrected chi connectivity index (χ3v) is 4.32. The van der Waals surface area contributed by atoms with Crippen molar-refractivity contribution in [2.45, 2.75) is 38.9 Å². The first-order chi connectivity index (χ1) is 10.3. The quantitative estimate of drug-likeness (QED) is 0.817. The van der Waals surface area contributed by atoms with Crippen LogP contribution in [-0.2, 0) is 16.4 Å². The summed E-state index contributed by atoms with van der Waals surface area (Å²) in [6.07, 6.45) is 1.84. The second-order valence-corrected chi connectivity index (χ2v) is 6.59. The van der Waals surface area contributed by atoms with Gasteiger partial charge in [0.2, 0.25) is 5.88 Å². The molecule has 3 rings (SSSR count). The van der Waals surface area contributed by atoms with Crippen molar-refractivity contribution in [3.8, 4) is 11.6 Å². The minimum absolute atomic E-state index is 0.333. The summed E-state index contributed by atoms with van der Waals surface area (Å²) in [5.74, 6) is 1.31. The summed E-state index contributed by atoms with van der Waals surface area (Å²) in [5.41, 5.74) is 0.314. The molecule has 1 aliphatic rings. The van der Waals surface area contributed by atoms with Crippen LogP contribution in [0.15, 0.2) is 36.5 Å². The molecule has 2 heterocycles. The Balaban J connectivity index is 1.72. The molecule has 0 saturated carbocycles. The number of hydrogen-bond acceptors (Lipinski definition) is 4. The molecule has 1 saturated heterocycles. The fraction of sp³-hybridized carbons (Fsp3) is 0.438. The molecule has 1 aromatic heterocycles. The molecule has 1 fully saturated rings. The maximum absolute atomic E-state index is 6.03. The van der Waals surface area contributed by atoms with Gasteiger partial charge in [-0.2, -0.15) is 0 Å². The van der Waals surface area contributed by atoms with Crippen molar-refractivity contribution in [1.82, 2.24) is 9.78 Å². The average Bonchev–Trinajstić information content (AvgIpc) is 2.92. The van der Waals surface area contributed by atoms with E-state index in [2.05, 4.69) is 5.10 Å². The lowest BCUT2D eigenvalue weighted by Crippen LogP contribution is -2.41. The molecule has 0 aliphatic carbocycles. The SMILES string of the molecule is Cn1ccc(Oc2ccc(B3OC(C)(C)C(C)(C)O3)cc2)n1. The normalized spacial score (nSPS) is 19.4. The van der Waals surface area contributed by atoms with Gasteiger partial charge >= 0.3 is 7.12 Å². The van der Waals surface area contributed by atoms with E-state index in [1.807, 2.05) is 71.3 Å². The van der Waals surface area contributed by atoms with Crippen LogP contribution in [0.4, 0.5) is 0 Å². The van der Waals surface area contributed by atoms with Crippen LogP contribution in [0.1, 0.15) is 27.7 Å². The van der Waals surface area contributed by atoms with Crippen molar-refractivity contribution >= 4 is 12.6 Å². The monoisotopic (exact) mass is 300 g/mol. The first-order valence-corrected chi connectivity index (χ1v) is 7.40. The highest BCUT2D eigenvalue weighted by Gasteiger charge is 2.51. The number of ether oxygens (including phenoxy) is 1. The van der Waals surface area contributed by atoms with E-state index in [1.54, 1.807) is 4.68 Å². The zero-order valence-electron chi connectivity index (χ0n) is 13.7. The Kier molecular flexibility index (Phi) is 3.53. The molecular weight excluding hydrogens is 279 g/mol. The molecule has 5 nitrogen and oxygen atoms in total. The van der Waals surface area contributed by atoms with E-state index < -0.39 is 0 Å². The zero-order valence-corrected chi connectivity index (χ0v) is 13.7. The second kappa shape index (κ2) is 5.14. The lowest BCUT2D eigenvalue weighted by molar-refractivity contribution is 0.00578. The van der Waals surface area contributed by atoms with Crippen molar-refractivity contribution < 1.29 is 14.0 Å². The van der Waals surface area contributed by atoms with Crippen molar-refractivity contribution in [2.75, 3.05) is 0 Å². The average molecular weight is 300 g/mol. The number of nitrogens with zero attached hydrogens (tertiary/aromatic N) is 2. The zero-order chi connectivity index (χ0) is 16.0. The minimum atomic E-state index is -0.353. The summed E-state index contributed by atoms with van der Waals surface area (Å²) in [6, 6.07) is 9.53. The Morgan fingerprint density at radius 3 is 2.09 bits per heavy atom. The molecule has 1 aliphatic heterocycles. The lowest BCUT2D eigenvalue weighted by Gasteiger charge is -2.32. The van der Waals surface area contributed by atoms with Gasteiger partial charge in [0.25, 0.3) is 0 Å². The van der Waals surface area contributed by atoms with E-state index in [0.29, 0.717) is 5.88 Å². The van der Waals surface area contributed by atoms with Gasteiger partial charge < -0.3 is 14.0 Å². The molecule has 0 N–H and O–H groups in total. The van der Waals surface area contributed by atoms with E-state index in [0.717, 1.165) is 11.2 Å². The molecule has 0 bridgehead atoms. The van der Waals surface area contributed by atoms with Crippen molar-refractivity contribution in [1.29, 1.82) is 0 Å². The third-order valence-electron chi connectivity index (χ3n) is 4.32. The Hall–Kier alpha value is -1.79. The van der Waals surface area contributed by atoms with Crippen LogP contribution in [-0.4, -0.2) is 28.1 Å². The largest absolute Gasteiger partial charge is 0.494 e. The Bertz CT molecular complexity index is 648. The highest BCUT2D eigenvalue weighted by atomic mass is 16.7. The van der Waals surface area contributed by atoms with Crippen LogP contribution in [0.5, 0.6) is 11.6 Å². The molecule has 0 unspecified atom stereocenters. The van der Waals surface area contributed by atoms with Gasteiger partial charge in [0.05, 0.1) is 11.2 Å². The molecular formula is C16H21BN2O3. The number of hydrogen-bond donors (Lipinski definition) is 0. The fourth-order valence-electron chi connectivity index (χ4n) is 2.24. The van der Waals surface area contributed by atoms with Gasteiger partial charge in [0.15, 0.2) is 0 Å². The highest BCUT2D eigenvalue weighted by molar-refractivity contribution is 6.62. The molecule has 0 radical (unpaired) electrons. The van der Waals surface area contributed by atoms with Gasteiger partial charge in [-0.25, -0.2) is 0 Å². The molecule has 6 heteroatoms. The first-order valence-electron chi connectivity index (χ1n) is 7.40. The molecule has 0 atom stereocenters. The Labute approximate surface area is 131 Å². The predicted molar refractivity (Wildman–Crippen MR) is 85.4 cm³/mol. The maximum Gasteiger partial charge on any atom is 0.494 e. The summed E-state index contributed by atoms with van der Waals surface area (Å²) in [4.78, 5) is 0. The van der Waals surface area contributed by atoms with Gasteiger partial charge in [0, 0.05) is 19.3 Å². The summed E-state index contributed by atoms with van der Waals surface area (Å²) < 4.78 is 19.5. The standard InChI is InChI=1S/C16H21BN2O3/c1-15(2)16(3,4)22-17(21-15)12-6-8-13(9-7-12)20-14-10-11-19(5)18-14/h6-11H,1-5H3. The van der Waals surface area contributed by atoms with Crippen LogP contribution in [0, 0.1) is 0 Å². The predicted octanol–water partition coefficient (Wildman–Crippen LogP) is 2.51. The van der Waals surface area contributed by atoms with E-state index in [4.69, 9.17) is 14.0 Å². The second-order valence-electron chi connectivity index (χ2n) is 6.59. The van der Waals surface area contributed by atoms with Crippen LogP contribution in [0.3, 0.4) is 0 Å². The number of aromatic nitrogens is 2. The lowest BCUT2D eigenvalue weighted by atomic mass is 9.79. The van der Waals surface area contributed by atoms with Crippen LogP contribution in [0.2, 0.25) is 0 Å². The van der Waals surface area contributed by atoms with Crippen molar-refractivity contribution in [2.24, 2.45) is 7.05 Å². The fourth-order valence-corrected chi connectivity index (χ4v) is 2.24. The molecule has 116 valence electrons.